The van der Waals surface area contributed by atoms with Gasteiger partial charge in [-0.15, -0.1) is 0 Å². The minimum absolute atomic E-state index is 0.0960. The van der Waals surface area contributed by atoms with E-state index in [1.54, 1.807) is 19.1 Å². The number of aliphatic hydroxyl groups excluding tert-OH is 1. The van der Waals surface area contributed by atoms with Gasteiger partial charge in [-0.2, -0.15) is 0 Å². The van der Waals surface area contributed by atoms with Crippen molar-refractivity contribution in [1.82, 2.24) is 4.72 Å². The molecule has 136 valence electrons. The van der Waals surface area contributed by atoms with Crippen LogP contribution in [0.15, 0.2) is 47.4 Å². The molecule has 0 heterocycles. The van der Waals surface area contributed by atoms with Crippen molar-refractivity contribution in [2.45, 2.75) is 31.8 Å². The number of hydrogen-bond donors (Lipinski definition) is 2. The van der Waals surface area contributed by atoms with Gasteiger partial charge in [0, 0.05) is 6.54 Å². The molecule has 6 heteroatoms. The highest BCUT2D eigenvalue weighted by molar-refractivity contribution is 7.89. The number of aliphatic hydroxyl groups is 1. The molecule has 0 radical (unpaired) electrons. The minimum atomic E-state index is -3.64. The van der Waals surface area contributed by atoms with E-state index >= 15 is 0 Å². The first kappa shape index (κ1) is 19.6. The zero-order valence-electron chi connectivity index (χ0n) is 14.8. The van der Waals surface area contributed by atoms with Crippen LogP contribution in [0.1, 0.15) is 28.4 Å². The number of hydrogen-bond acceptors (Lipinski definition) is 4. The van der Waals surface area contributed by atoms with Crippen LogP contribution in [0.5, 0.6) is 0 Å². The molecule has 1 unspecified atom stereocenters. The fourth-order valence-corrected chi connectivity index (χ4v) is 3.87. The summed E-state index contributed by atoms with van der Waals surface area (Å²) in [5.41, 5.74) is 3.56. The highest BCUT2D eigenvalue weighted by Gasteiger charge is 2.20. The molecule has 0 amide bonds. The molecule has 0 saturated carbocycles. The Balaban J connectivity index is 2.18. The third-order valence-electron chi connectivity index (χ3n) is 3.95. The third kappa shape index (κ3) is 5.37. The molecule has 2 aromatic rings. The van der Waals surface area contributed by atoms with Crippen molar-refractivity contribution in [2.75, 3.05) is 19.8 Å². The lowest BCUT2D eigenvalue weighted by Gasteiger charge is -2.19. The second-order valence-corrected chi connectivity index (χ2v) is 7.85. The average molecular weight is 363 g/mol. The van der Waals surface area contributed by atoms with E-state index in [-0.39, 0.29) is 24.7 Å². The second kappa shape index (κ2) is 8.58. The standard InChI is InChI=1S/C19H25NO4S/c1-14-5-8-17(9-6-14)18(24-11-10-21)13-20-25(22,23)19-12-15(2)4-7-16(19)3/h4-9,12,18,20-21H,10-11,13H2,1-3H3. The molecular weight excluding hydrogens is 338 g/mol. The largest absolute Gasteiger partial charge is 0.394 e. The summed E-state index contributed by atoms with van der Waals surface area (Å²) >= 11 is 0. The predicted molar refractivity (Wildman–Crippen MR) is 98.1 cm³/mol. The van der Waals surface area contributed by atoms with Crippen LogP contribution < -0.4 is 4.72 Å². The van der Waals surface area contributed by atoms with Gasteiger partial charge in [0.15, 0.2) is 0 Å². The van der Waals surface area contributed by atoms with E-state index in [1.807, 2.05) is 44.2 Å². The molecule has 0 saturated heterocycles. The van der Waals surface area contributed by atoms with Crippen molar-refractivity contribution in [3.63, 3.8) is 0 Å². The minimum Gasteiger partial charge on any atom is -0.394 e. The van der Waals surface area contributed by atoms with Crippen LogP contribution in [-0.2, 0) is 14.8 Å². The summed E-state index contributed by atoms with van der Waals surface area (Å²) in [7, 11) is -3.64. The number of aryl methyl sites for hydroxylation is 3. The van der Waals surface area contributed by atoms with Crippen LogP contribution in [0.2, 0.25) is 0 Å². The summed E-state index contributed by atoms with van der Waals surface area (Å²) in [6.07, 6.45) is -0.465. The Kier molecular flexibility index (Phi) is 6.72. The molecule has 25 heavy (non-hydrogen) atoms. The van der Waals surface area contributed by atoms with Crippen molar-refractivity contribution in [2.24, 2.45) is 0 Å². The molecule has 0 aliphatic rings. The van der Waals surface area contributed by atoms with Gasteiger partial charge in [-0.1, -0.05) is 42.0 Å². The first-order chi connectivity index (χ1) is 11.8. The van der Waals surface area contributed by atoms with Gasteiger partial charge in [0.2, 0.25) is 10.0 Å². The Hall–Kier alpha value is -1.73. The summed E-state index contributed by atoms with van der Waals surface area (Å²) in [6, 6.07) is 13.0. The van der Waals surface area contributed by atoms with Crippen molar-refractivity contribution in [3.8, 4) is 0 Å². The summed E-state index contributed by atoms with van der Waals surface area (Å²) in [5.74, 6) is 0. The van der Waals surface area contributed by atoms with Gasteiger partial charge in [0.25, 0.3) is 0 Å². The van der Waals surface area contributed by atoms with Crippen LogP contribution in [-0.4, -0.2) is 33.3 Å². The Morgan fingerprint density at radius 3 is 2.32 bits per heavy atom. The Bertz CT molecular complexity index is 801. The molecule has 5 nitrogen and oxygen atoms in total. The highest BCUT2D eigenvalue weighted by Crippen LogP contribution is 2.20. The van der Waals surface area contributed by atoms with Gasteiger partial charge in [-0.3, -0.25) is 0 Å². The highest BCUT2D eigenvalue weighted by atomic mass is 32.2. The van der Waals surface area contributed by atoms with Gasteiger partial charge in [-0.05, 0) is 43.5 Å². The summed E-state index contributed by atoms with van der Waals surface area (Å²) in [4.78, 5) is 0.275. The maximum atomic E-state index is 12.7. The maximum Gasteiger partial charge on any atom is 0.240 e. The van der Waals surface area contributed by atoms with Crippen molar-refractivity contribution >= 4 is 10.0 Å². The molecule has 0 spiro atoms. The van der Waals surface area contributed by atoms with Crippen LogP contribution in [0.4, 0.5) is 0 Å². The quantitative estimate of drug-likeness (QED) is 0.756. The van der Waals surface area contributed by atoms with Gasteiger partial charge in [-0.25, -0.2) is 13.1 Å². The van der Waals surface area contributed by atoms with Crippen LogP contribution >= 0.6 is 0 Å². The molecule has 1 atom stereocenters. The van der Waals surface area contributed by atoms with E-state index in [0.29, 0.717) is 5.56 Å². The van der Waals surface area contributed by atoms with Gasteiger partial charge in [0.05, 0.1) is 24.2 Å². The maximum absolute atomic E-state index is 12.7. The number of ether oxygens (including phenoxy) is 1. The topological polar surface area (TPSA) is 75.6 Å². The Labute approximate surface area is 149 Å². The molecule has 2 aromatic carbocycles. The monoisotopic (exact) mass is 363 g/mol. The summed E-state index contributed by atoms with van der Waals surface area (Å²) in [6.45, 7) is 5.73. The van der Waals surface area contributed by atoms with Gasteiger partial charge < -0.3 is 9.84 Å². The summed E-state index contributed by atoms with van der Waals surface area (Å²) < 4.78 is 33.6. The van der Waals surface area contributed by atoms with E-state index < -0.39 is 16.1 Å². The fraction of sp³-hybridized carbons (Fsp3) is 0.368. The van der Waals surface area contributed by atoms with E-state index in [1.165, 1.54) is 0 Å². The third-order valence-corrected chi connectivity index (χ3v) is 5.52. The number of sulfonamides is 1. The number of nitrogens with one attached hydrogen (secondary N) is 1. The van der Waals surface area contributed by atoms with Crippen molar-refractivity contribution < 1.29 is 18.3 Å². The zero-order valence-corrected chi connectivity index (χ0v) is 15.6. The first-order valence-corrected chi connectivity index (χ1v) is 9.68. The molecule has 2 rings (SSSR count). The van der Waals surface area contributed by atoms with E-state index in [0.717, 1.165) is 16.7 Å². The first-order valence-electron chi connectivity index (χ1n) is 8.19. The van der Waals surface area contributed by atoms with Crippen molar-refractivity contribution in [3.05, 3.63) is 64.7 Å². The molecular formula is C19H25NO4S. The zero-order chi connectivity index (χ0) is 18.4. The average Bonchev–Trinajstić information content (AvgIpc) is 2.58. The SMILES string of the molecule is Cc1ccc(C(CNS(=O)(=O)c2cc(C)ccc2C)OCCO)cc1. The second-order valence-electron chi connectivity index (χ2n) is 6.11. The predicted octanol–water partition coefficient (Wildman–Crippen LogP) is 2.64. The van der Waals surface area contributed by atoms with Gasteiger partial charge in [0.1, 0.15) is 0 Å². The smallest absolute Gasteiger partial charge is 0.240 e. The lowest BCUT2D eigenvalue weighted by molar-refractivity contribution is 0.0309. The lowest BCUT2D eigenvalue weighted by atomic mass is 10.1. The van der Waals surface area contributed by atoms with E-state index in [4.69, 9.17) is 9.84 Å². The Morgan fingerprint density at radius 1 is 1.04 bits per heavy atom. The van der Waals surface area contributed by atoms with E-state index in [2.05, 4.69) is 4.72 Å². The molecule has 0 bridgehead atoms. The van der Waals surface area contributed by atoms with Crippen molar-refractivity contribution in [1.29, 1.82) is 0 Å². The molecule has 0 aliphatic heterocycles. The number of benzene rings is 2. The molecule has 0 fully saturated rings. The Morgan fingerprint density at radius 2 is 1.68 bits per heavy atom. The van der Waals surface area contributed by atoms with Crippen LogP contribution in [0, 0.1) is 20.8 Å². The molecule has 2 N–H and O–H groups in total. The normalized spacial score (nSPS) is 13.0. The molecule has 0 aliphatic carbocycles. The number of rotatable bonds is 8. The molecule has 0 aromatic heterocycles. The van der Waals surface area contributed by atoms with Gasteiger partial charge >= 0.3 is 0 Å². The van der Waals surface area contributed by atoms with E-state index in [9.17, 15) is 8.42 Å². The van der Waals surface area contributed by atoms with Crippen LogP contribution in [0.3, 0.4) is 0 Å². The van der Waals surface area contributed by atoms with Crippen LogP contribution in [0.25, 0.3) is 0 Å². The lowest BCUT2D eigenvalue weighted by Crippen LogP contribution is -2.30. The fourth-order valence-electron chi connectivity index (χ4n) is 2.51. The summed E-state index contributed by atoms with van der Waals surface area (Å²) in [5, 5.41) is 9.02.